The zero-order valence-electron chi connectivity index (χ0n) is 5.78. The quantitative estimate of drug-likeness (QED) is 0.528. The summed E-state index contributed by atoms with van der Waals surface area (Å²) in [5, 5.41) is 7.30. The third-order valence-electron chi connectivity index (χ3n) is 1.04. The minimum absolute atomic E-state index is 0.326. The van der Waals surface area contributed by atoms with Crippen molar-refractivity contribution in [1.29, 1.82) is 5.41 Å². The minimum atomic E-state index is 0.326. The van der Waals surface area contributed by atoms with Crippen LogP contribution in [0, 0.1) is 11.3 Å². The molecule has 46 valence electrons. The van der Waals surface area contributed by atoms with Crippen LogP contribution in [0.5, 0.6) is 0 Å². The van der Waals surface area contributed by atoms with Crippen LogP contribution in [0.2, 0.25) is 0 Å². The summed E-state index contributed by atoms with van der Waals surface area (Å²) < 4.78 is 0. The number of allylic oxidation sites excluding steroid dienone is 1. The Kier molecular flexibility index (Phi) is 2.46. The molecule has 1 heteroatoms. The highest BCUT2D eigenvalue weighted by molar-refractivity contribution is 5.97. The average molecular weight is 111 g/mol. The molecule has 0 radical (unpaired) electrons. The fraction of sp³-hybridized carbons (Fsp3) is 0.571. The molecular formula is C7H13N. The van der Waals surface area contributed by atoms with Gasteiger partial charge in [-0.1, -0.05) is 20.4 Å². The topological polar surface area (TPSA) is 23.9 Å². The second-order valence-corrected chi connectivity index (χ2v) is 2.35. The SMILES string of the molecule is C=C(C)C(=N)C(C)C. The highest BCUT2D eigenvalue weighted by atomic mass is 14.4. The molecule has 0 unspecified atom stereocenters. The molecule has 0 aromatic carbocycles. The summed E-state index contributed by atoms with van der Waals surface area (Å²) in [6, 6.07) is 0. The molecule has 0 fully saturated rings. The Morgan fingerprint density at radius 3 is 1.88 bits per heavy atom. The van der Waals surface area contributed by atoms with Crippen molar-refractivity contribution >= 4 is 5.71 Å². The van der Waals surface area contributed by atoms with E-state index in [1.165, 1.54) is 0 Å². The Labute approximate surface area is 50.9 Å². The van der Waals surface area contributed by atoms with Gasteiger partial charge in [0.05, 0.1) is 0 Å². The van der Waals surface area contributed by atoms with Gasteiger partial charge in [0.2, 0.25) is 0 Å². The molecule has 0 aromatic rings. The molecule has 0 saturated heterocycles. The van der Waals surface area contributed by atoms with Crippen LogP contribution in [0.25, 0.3) is 0 Å². The molecule has 0 rings (SSSR count). The predicted octanol–water partition coefficient (Wildman–Crippen LogP) is 2.24. The Hall–Kier alpha value is -0.590. The van der Waals surface area contributed by atoms with Crippen molar-refractivity contribution < 1.29 is 0 Å². The largest absolute Gasteiger partial charge is 0.305 e. The predicted molar refractivity (Wildman–Crippen MR) is 37.4 cm³/mol. The lowest BCUT2D eigenvalue weighted by Crippen LogP contribution is -2.05. The normalized spacial score (nSPS) is 9.50. The fourth-order valence-electron chi connectivity index (χ4n) is 0.493. The van der Waals surface area contributed by atoms with E-state index in [0.29, 0.717) is 11.6 Å². The monoisotopic (exact) mass is 111 g/mol. The van der Waals surface area contributed by atoms with Crippen molar-refractivity contribution in [1.82, 2.24) is 0 Å². The van der Waals surface area contributed by atoms with E-state index in [1.807, 2.05) is 20.8 Å². The maximum absolute atomic E-state index is 7.30. The molecule has 0 amide bonds. The lowest BCUT2D eigenvalue weighted by atomic mass is 10.0. The van der Waals surface area contributed by atoms with E-state index >= 15 is 0 Å². The van der Waals surface area contributed by atoms with Crippen molar-refractivity contribution in [2.45, 2.75) is 20.8 Å². The van der Waals surface area contributed by atoms with E-state index in [2.05, 4.69) is 6.58 Å². The molecule has 0 aliphatic heterocycles. The van der Waals surface area contributed by atoms with Crippen molar-refractivity contribution in [3.05, 3.63) is 12.2 Å². The summed E-state index contributed by atoms with van der Waals surface area (Å²) in [5.41, 5.74) is 1.53. The van der Waals surface area contributed by atoms with Gasteiger partial charge < -0.3 is 5.41 Å². The minimum Gasteiger partial charge on any atom is -0.305 e. The van der Waals surface area contributed by atoms with Gasteiger partial charge in [0.1, 0.15) is 0 Å². The van der Waals surface area contributed by atoms with Crippen LogP contribution < -0.4 is 0 Å². The molecular weight excluding hydrogens is 98.1 g/mol. The van der Waals surface area contributed by atoms with Crippen LogP contribution in [0.4, 0.5) is 0 Å². The summed E-state index contributed by atoms with van der Waals surface area (Å²) in [6.07, 6.45) is 0. The van der Waals surface area contributed by atoms with Crippen LogP contribution in [0.3, 0.4) is 0 Å². The molecule has 0 spiro atoms. The third kappa shape index (κ3) is 1.92. The summed E-state index contributed by atoms with van der Waals surface area (Å²) in [6.45, 7) is 9.51. The van der Waals surface area contributed by atoms with Crippen LogP contribution in [0.15, 0.2) is 12.2 Å². The van der Waals surface area contributed by atoms with Gasteiger partial charge in [0.25, 0.3) is 0 Å². The molecule has 0 atom stereocenters. The summed E-state index contributed by atoms with van der Waals surface area (Å²) >= 11 is 0. The van der Waals surface area contributed by atoms with Gasteiger partial charge in [-0.25, -0.2) is 0 Å². The summed E-state index contributed by atoms with van der Waals surface area (Å²) in [7, 11) is 0. The van der Waals surface area contributed by atoms with Crippen molar-refractivity contribution in [3.63, 3.8) is 0 Å². The fourth-order valence-corrected chi connectivity index (χ4v) is 0.493. The lowest BCUT2D eigenvalue weighted by molar-refractivity contribution is 0.875. The van der Waals surface area contributed by atoms with E-state index < -0.39 is 0 Å². The van der Waals surface area contributed by atoms with Gasteiger partial charge in [-0.3, -0.25) is 0 Å². The third-order valence-corrected chi connectivity index (χ3v) is 1.04. The Morgan fingerprint density at radius 1 is 1.50 bits per heavy atom. The zero-order chi connectivity index (χ0) is 6.73. The van der Waals surface area contributed by atoms with Gasteiger partial charge in [-0.2, -0.15) is 0 Å². The van der Waals surface area contributed by atoms with E-state index in [0.717, 1.165) is 5.57 Å². The van der Waals surface area contributed by atoms with Crippen LogP contribution in [-0.2, 0) is 0 Å². The maximum atomic E-state index is 7.30. The van der Waals surface area contributed by atoms with Crippen LogP contribution in [-0.4, -0.2) is 5.71 Å². The van der Waals surface area contributed by atoms with Gasteiger partial charge in [0, 0.05) is 5.71 Å². The maximum Gasteiger partial charge on any atom is 0.0362 e. The highest BCUT2D eigenvalue weighted by Crippen LogP contribution is 2.01. The van der Waals surface area contributed by atoms with Crippen molar-refractivity contribution in [2.24, 2.45) is 5.92 Å². The Bertz CT molecular complexity index is 112. The molecule has 1 nitrogen and oxygen atoms in total. The molecule has 8 heavy (non-hydrogen) atoms. The first-order chi connectivity index (χ1) is 3.55. The first-order valence-electron chi connectivity index (χ1n) is 2.80. The number of hydrogen-bond donors (Lipinski definition) is 1. The van der Waals surface area contributed by atoms with Gasteiger partial charge >= 0.3 is 0 Å². The second-order valence-electron chi connectivity index (χ2n) is 2.35. The van der Waals surface area contributed by atoms with Crippen molar-refractivity contribution in [3.8, 4) is 0 Å². The zero-order valence-corrected chi connectivity index (χ0v) is 5.78. The molecule has 0 aliphatic rings. The standard InChI is InChI=1S/C7H13N/c1-5(2)7(8)6(3)4/h6,8H,1H2,2-4H3. The van der Waals surface area contributed by atoms with Crippen molar-refractivity contribution in [2.75, 3.05) is 0 Å². The van der Waals surface area contributed by atoms with E-state index in [9.17, 15) is 0 Å². The van der Waals surface area contributed by atoms with Gasteiger partial charge in [-0.05, 0) is 18.4 Å². The Morgan fingerprint density at radius 2 is 1.88 bits per heavy atom. The lowest BCUT2D eigenvalue weighted by Gasteiger charge is -2.04. The molecule has 0 aromatic heterocycles. The Balaban J connectivity index is 3.84. The molecule has 0 aliphatic carbocycles. The number of rotatable bonds is 2. The molecule has 0 saturated carbocycles. The van der Waals surface area contributed by atoms with Gasteiger partial charge in [0.15, 0.2) is 0 Å². The molecule has 1 N–H and O–H groups in total. The average Bonchev–Trinajstić information content (AvgIpc) is 1.64. The smallest absolute Gasteiger partial charge is 0.0362 e. The van der Waals surface area contributed by atoms with E-state index in [4.69, 9.17) is 5.41 Å². The van der Waals surface area contributed by atoms with Gasteiger partial charge in [-0.15, -0.1) is 0 Å². The second kappa shape index (κ2) is 2.65. The summed E-state index contributed by atoms with van der Waals surface area (Å²) in [5.74, 6) is 0.326. The summed E-state index contributed by atoms with van der Waals surface area (Å²) in [4.78, 5) is 0. The van der Waals surface area contributed by atoms with Crippen LogP contribution in [0.1, 0.15) is 20.8 Å². The van der Waals surface area contributed by atoms with Crippen LogP contribution >= 0.6 is 0 Å². The van der Waals surface area contributed by atoms with E-state index in [-0.39, 0.29) is 0 Å². The number of nitrogens with one attached hydrogen (secondary N) is 1. The highest BCUT2D eigenvalue weighted by Gasteiger charge is 2.00. The van der Waals surface area contributed by atoms with E-state index in [1.54, 1.807) is 0 Å². The number of hydrogen-bond acceptors (Lipinski definition) is 1. The first-order valence-corrected chi connectivity index (χ1v) is 2.80. The molecule has 0 bridgehead atoms. The molecule has 0 heterocycles. The first kappa shape index (κ1) is 7.41.